The summed E-state index contributed by atoms with van der Waals surface area (Å²) in [5, 5.41) is 0. The van der Waals surface area contributed by atoms with Crippen LogP contribution in [0.15, 0.2) is 17.1 Å². The van der Waals surface area contributed by atoms with Crippen LogP contribution in [0.5, 0.6) is 0 Å². The van der Waals surface area contributed by atoms with Crippen molar-refractivity contribution in [2.75, 3.05) is 20.1 Å². The van der Waals surface area contributed by atoms with Gasteiger partial charge in [-0.25, -0.2) is 0 Å². The lowest BCUT2D eigenvalue weighted by Gasteiger charge is -2.22. The van der Waals surface area contributed by atoms with Gasteiger partial charge in [0.1, 0.15) is 5.84 Å². The average molecular weight is 226 g/mol. The zero-order valence-corrected chi connectivity index (χ0v) is 12.1. The van der Waals surface area contributed by atoms with Crippen LogP contribution in [0.2, 0.25) is 0 Å². The Morgan fingerprint density at radius 1 is 1.19 bits per heavy atom. The van der Waals surface area contributed by atoms with Gasteiger partial charge in [0.15, 0.2) is 0 Å². The molecule has 0 aromatic rings. The summed E-state index contributed by atoms with van der Waals surface area (Å²) < 4.78 is 0. The molecule has 0 aliphatic heterocycles. The standard InChI is InChI=1S/C11H22N2.C3H8/c1-5-8-10-13(7-3)11(12-4)9-6-2;1-3-2/h6,9H,5,7-8,10H2,1-4H3;3H2,1-2H3/b9-6-,12-11?;. The van der Waals surface area contributed by atoms with Gasteiger partial charge in [0.2, 0.25) is 0 Å². The van der Waals surface area contributed by atoms with Gasteiger partial charge in [-0.2, -0.15) is 0 Å². The lowest BCUT2D eigenvalue weighted by Crippen LogP contribution is -2.30. The largest absolute Gasteiger partial charge is 0.357 e. The van der Waals surface area contributed by atoms with Crippen molar-refractivity contribution >= 4 is 5.84 Å². The average Bonchev–Trinajstić information content (AvgIpc) is 2.29. The maximum Gasteiger partial charge on any atom is 0.122 e. The normalized spacial score (nSPS) is 11.2. The van der Waals surface area contributed by atoms with Gasteiger partial charge in [0.05, 0.1) is 0 Å². The van der Waals surface area contributed by atoms with Gasteiger partial charge in [-0.05, 0) is 26.3 Å². The van der Waals surface area contributed by atoms with E-state index in [4.69, 9.17) is 0 Å². The predicted octanol–water partition coefficient (Wildman–Crippen LogP) is 4.13. The summed E-state index contributed by atoms with van der Waals surface area (Å²) in [4.78, 5) is 6.57. The maximum atomic E-state index is 4.26. The summed E-state index contributed by atoms with van der Waals surface area (Å²) in [5.41, 5.74) is 0. The molecule has 0 atom stereocenters. The summed E-state index contributed by atoms with van der Waals surface area (Å²) in [6.45, 7) is 12.8. The Bertz CT molecular complexity index is 183. The first kappa shape index (κ1) is 17.6. The Morgan fingerprint density at radius 3 is 2.06 bits per heavy atom. The number of aliphatic imine (C=N–C) groups is 1. The molecule has 0 aliphatic carbocycles. The Morgan fingerprint density at radius 2 is 1.75 bits per heavy atom. The van der Waals surface area contributed by atoms with Crippen molar-refractivity contribution in [3.05, 3.63) is 12.2 Å². The molecule has 0 amide bonds. The van der Waals surface area contributed by atoms with Crippen molar-refractivity contribution < 1.29 is 0 Å². The van der Waals surface area contributed by atoms with Crippen LogP contribution in [0.1, 0.15) is 53.9 Å². The van der Waals surface area contributed by atoms with E-state index in [1.807, 2.05) is 20.0 Å². The Balaban J connectivity index is 0. The van der Waals surface area contributed by atoms with Crippen LogP contribution < -0.4 is 0 Å². The second kappa shape index (κ2) is 14.2. The Hall–Kier alpha value is -0.790. The van der Waals surface area contributed by atoms with Crippen molar-refractivity contribution in [2.45, 2.75) is 53.9 Å². The molecule has 16 heavy (non-hydrogen) atoms. The maximum absolute atomic E-state index is 4.26. The van der Waals surface area contributed by atoms with Crippen LogP contribution in [0.25, 0.3) is 0 Å². The highest BCUT2D eigenvalue weighted by Gasteiger charge is 2.03. The highest BCUT2D eigenvalue weighted by atomic mass is 15.2. The van der Waals surface area contributed by atoms with E-state index in [2.05, 4.69) is 43.7 Å². The molecule has 0 fully saturated rings. The lowest BCUT2D eigenvalue weighted by molar-refractivity contribution is 0.429. The minimum atomic E-state index is 1.04. The third-order valence-corrected chi connectivity index (χ3v) is 2.03. The van der Waals surface area contributed by atoms with Crippen LogP contribution in [-0.2, 0) is 0 Å². The van der Waals surface area contributed by atoms with Gasteiger partial charge in [-0.3, -0.25) is 4.99 Å². The number of hydrogen-bond donors (Lipinski definition) is 0. The summed E-state index contributed by atoms with van der Waals surface area (Å²) in [5.74, 6) is 1.10. The number of amidine groups is 1. The topological polar surface area (TPSA) is 15.6 Å². The number of rotatable bonds is 5. The Labute approximate surface area is 102 Å². The molecule has 96 valence electrons. The van der Waals surface area contributed by atoms with Crippen LogP contribution in [-0.4, -0.2) is 30.9 Å². The van der Waals surface area contributed by atoms with Gasteiger partial charge in [0.25, 0.3) is 0 Å². The first-order chi connectivity index (χ1) is 7.71. The molecule has 2 heteroatoms. The summed E-state index contributed by atoms with van der Waals surface area (Å²) in [7, 11) is 1.85. The van der Waals surface area contributed by atoms with E-state index >= 15 is 0 Å². The molecule has 0 aromatic heterocycles. The molecular weight excluding hydrogens is 196 g/mol. The van der Waals surface area contributed by atoms with Crippen LogP contribution in [0.3, 0.4) is 0 Å². The smallest absolute Gasteiger partial charge is 0.122 e. The van der Waals surface area contributed by atoms with Gasteiger partial charge in [-0.1, -0.05) is 39.7 Å². The summed E-state index contributed by atoms with van der Waals surface area (Å²) in [6.07, 6.45) is 7.84. The van der Waals surface area contributed by atoms with Crippen molar-refractivity contribution in [1.82, 2.24) is 4.90 Å². The van der Waals surface area contributed by atoms with E-state index in [1.165, 1.54) is 19.3 Å². The quantitative estimate of drug-likeness (QED) is 0.508. The summed E-state index contributed by atoms with van der Waals surface area (Å²) in [6, 6.07) is 0. The van der Waals surface area contributed by atoms with Gasteiger partial charge in [-0.15, -0.1) is 0 Å². The van der Waals surface area contributed by atoms with E-state index in [0.717, 1.165) is 18.9 Å². The molecule has 0 aliphatic rings. The summed E-state index contributed by atoms with van der Waals surface area (Å²) >= 11 is 0. The fraction of sp³-hybridized carbons (Fsp3) is 0.786. The lowest BCUT2D eigenvalue weighted by atomic mass is 10.3. The van der Waals surface area contributed by atoms with Crippen molar-refractivity contribution in [2.24, 2.45) is 4.99 Å². The molecule has 0 radical (unpaired) electrons. The van der Waals surface area contributed by atoms with Crippen LogP contribution in [0, 0.1) is 0 Å². The predicted molar refractivity (Wildman–Crippen MR) is 76.3 cm³/mol. The molecule has 0 saturated carbocycles. The zero-order chi connectivity index (χ0) is 12.8. The van der Waals surface area contributed by atoms with Gasteiger partial charge < -0.3 is 4.90 Å². The fourth-order valence-corrected chi connectivity index (χ4v) is 1.25. The second-order valence-corrected chi connectivity index (χ2v) is 3.72. The third kappa shape index (κ3) is 9.75. The van der Waals surface area contributed by atoms with Crippen LogP contribution >= 0.6 is 0 Å². The SMILES string of the molecule is C/C=C\C(=NC)N(CC)CCCC.CCC. The van der Waals surface area contributed by atoms with Crippen molar-refractivity contribution in [1.29, 1.82) is 0 Å². The van der Waals surface area contributed by atoms with Gasteiger partial charge >= 0.3 is 0 Å². The number of unbranched alkanes of at least 4 members (excludes halogenated alkanes) is 1. The van der Waals surface area contributed by atoms with E-state index in [9.17, 15) is 0 Å². The third-order valence-electron chi connectivity index (χ3n) is 2.03. The molecule has 0 saturated heterocycles. The van der Waals surface area contributed by atoms with E-state index in [1.54, 1.807) is 0 Å². The molecule has 0 aromatic carbocycles. The number of nitrogens with zero attached hydrogens (tertiary/aromatic N) is 2. The highest BCUT2D eigenvalue weighted by molar-refractivity contribution is 5.92. The van der Waals surface area contributed by atoms with E-state index in [0.29, 0.717) is 0 Å². The molecule has 0 spiro atoms. The molecule has 2 nitrogen and oxygen atoms in total. The molecule has 0 unspecified atom stereocenters. The van der Waals surface area contributed by atoms with E-state index in [-0.39, 0.29) is 0 Å². The number of hydrogen-bond acceptors (Lipinski definition) is 1. The number of likely N-dealkylation sites (N-methyl/N-ethyl adjacent to an activating group) is 1. The van der Waals surface area contributed by atoms with Crippen molar-refractivity contribution in [3.8, 4) is 0 Å². The Kier molecular flexibility index (Phi) is 15.6. The molecule has 0 rings (SSSR count). The molecule has 0 heterocycles. The van der Waals surface area contributed by atoms with Crippen molar-refractivity contribution in [3.63, 3.8) is 0 Å². The minimum absolute atomic E-state index is 1.04. The highest BCUT2D eigenvalue weighted by Crippen LogP contribution is 1.98. The number of allylic oxidation sites excluding steroid dienone is 1. The van der Waals surface area contributed by atoms with Crippen LogP contribution in [0.4, 0.5) is 0 Å². The monoisotopic (exact) mass is 226 g/mol. The van der Waals surface area contributed by atoms with Gasteiger partial charge in [0, 0.05) is 20.1 Å². The second-order valence-electron chi connectivity index (χ2n) is 3.72. The molecular formula is C14H30N2. The molecule has 0 bridgehead atoms. The first-order valence-electron chi connectivity index (χ1n) is 6.55. The fourth-order valence-electron chi connectivity index (χ4n) is 1.25. The first-order valence-corrected chi connectivity index (χ1v) is 6.55. The zero-order valence-electron chi connectivity index (χ0n) is 12.1. The van der Waals surface area contributed by atoms with E-state index < -0.39 is 0 Å². The minimum Gasteiger partial charge on any atom is -0.357 e. The molecule has 0 N–H and O–H groups in total.